The largest absolute Gasteiger partial charge is 0.462 e. The summed E-state index contributed by atoms with van der Waals surface area (Å²) in [6, 6.07) is 16.2. The molecule has 0 spiro atoms. The maximum atomic E-state index is 13.0. The number of anilines is 1. The number of ether oxygens (including phenoxy) is 1. The van der Waals surface area contributed by atoms with Crippen LogP contribution in [0.15, 0.2) is 63.9 Å². The summed E-state index contributed by atoms with van der Waals surface area (Å²) in [5.41, 5.74) is 2.72. The first-order valence-electron chi connectivity index (χ1n) is 9.79. The maximum absolute atomic E-state index is 13.0. The summed E-state index contributed by atoms with van der Waals surface area (Å²) in [5, 5.41) is 0.304. The number of carbonyl (C=O) groups is 2. The fraction of sp³-hybridized carbons (Fsp3) is 0.125. The number of hydrogen-bond acceptors (Lipinski definition) is 6. The van der Waals surface area contributed by atoms with Crippen LogP contribution in [0.3, 0.4) is 0 Å². The van der Waals surface area contributed by atoms with Gasteiger partial charge in [0, 0.05) is 11.6 Å². The van der Waals surface area contributed by atoms with E-state index in [1.165, 1.54) is 16.7 Å². The summed E-state index contributed by atoms with van der Waals surface area (Å²) in [7, 11) is 0. The van der Waals surface area contributed by atoms with Gasteiger partial charge in [-0.2, -0.15) is 0 Å². The molecule has 0 N–H and O–H groups in total. The van der Waals surface area contributed by atoms with Crippen molar-refractivity contribution < 1.29 is 18.7 Å². The van der Waals surface area contributed by atoms with Crippen molar-refractivity contribution in [3.8, 4) is 11.3 Å². The van der Waals surface area contributed by atoms with E-state index in [4.69, 9.17) is 33.0 Å². The zero-order valence-corrected chi connectivity index (χ0v) is 19.6. The first-order valence-corrected chi connectivity index (χ1v) is 11.4. The van der Waals surface area contributed by atoms with Crippen molar-refractivity contribution in [1.82, 2.24) is 0 Å². The third kappa shape index (κ3) is 4.50. The topological polar surface area (TPSA) is 59.8 Å². The van der Waals surface area contributed by atoms with Crippen molar-refractivity contribution >= 4 is 63.5 Å². The highest BCUT2D eigenvalue weighted by Gasteiger charge is 2.33. The molecule has 5 nitrogen and oxygen atoms in total. The highest BCUT2D eigenvalue weighted by atomic mass is 35.5. The quantitative estimate of drug-likeness (QED) is 0.235. The van der Waals surface area contributed by atoms with Crippen LogP contribution in [-0.2, 0) is 9.53 Å². The zero-order chi connectivity index (χ0) is 22.8. The van der Waals surface area contributed by atoms with E-state index in [1.807, 2.05) is 31.2 Å². The minimum absolute atomic E-state index is 0.195. The Morgan fingerprint density at radius 2 is 2.03 bits per heavy atom. The number of thiocarbonyl (C=S) groups is 1. The first-order chi connectivity index (χ1) is 15.4. The standard InChI is InChI=1S/C24H18ClNO4S2/c1-3-29-23(28)18-12-15(7-9-19(18)25)20-10-8-17(30-20)13-21-22(27)26(24(31)32-21)16-6-4-5-14(2)11-16/h4-13H,3H2,1-2H3/b21-13-. The third-order valence-electron chi connectivity index (χ3n) is 4.70. The molecule has 2 heterocycles. The van der Waals surface area contributed by atoms with Crippen LogP contribution < -0.4 is 4.90 Å². The summed E-state index contributed by atoms with van der Waals surface area (Å²) < 4.78 is 11.4. The first kappa shape index (κ1) is 22.3. The molecule has 1 aliphatic rings. The Morgan fingerprint density at radius 3 is 2.78 bits per heavy atom. The van der Waals surface area contributed by atoms with Gasteiger partial charge in [0.1, 0.15) is 11.5 Å². The lowest BCUT2D eigenvalue weighted by molar-refractivity contribution is -0.113. The van der Waals surface area contributed by atoms with Crippen molar-refractivity contribution in [3.63, 3.8) is 0 Å². The number of aryl methyl sites for hydroxylation is 1. The van der Waals surface area contributed by atoms with Gasteiger partial charge in [-0.1, -0.05) is 47.7 Å². The van der Waals surface area contributed by atoms with Gasteiger partial charge in [-0.05, 0) is 61.9 Å². The zero-order valence-electron chi connectivity index (χ0n) is 17.3. The molecule has 162 valence electrons. The van der Waals surface area contributed by atoms with E-state index in [9.17, 15) is 9.59 Å². The monoisotopic (exact) mass is 483 g/mol. The van der Waals surface area contributed by atoms with Crippen molar-refractivity contribution in [2.45, 2.75) is 13.8 Å². The molecular weight excluding hydrogens is 466 g/mol. The van der Waals surface area contributed by atoms with Gasteiger partial charge >= 0.3 is 5.97 Å². The number of furan rings is 1. The van der Waals surface area contributed by atoms with Gasteiger partial charge < -0.3 is 9.15 Å². The molecule has 0 saturated carbocycles. The molecule has 0 bridgehead atoms. The molecule has 2 aromatic carbocycles. The second-order valence-electron chi connectivity index (χ2n) is 6.97. The Kier molecular flexibility index (Phi) is 6.50. The Labute approximate surface area is 200 Å². The molecule has 4 rings (SSSR count). The number of thioether (sulfide) groups is 1. The number of rotatable bonds is 5. The van der Waals surface area contributed by atoms with Gasteiger partial charge in [-0.15, -0.1) is 0 Å². The van der Waals surface area contributed by atoms with E-state index < -0.39 is 5.97 Å². The van der Waals surface area contributed by atoms with Crippen LogP contribution in [0.4, 0.5) is 5.69 Å². The Hall–Kier alpha value is -2.87. The highest BCUT2D eigenvalue weighted by Crippen LogP contribution is 2.37. The molecular formula is C24H18ClNO4S2. The fourth-order valence-corrected chi connectivity index (χ4v) is 4.69. The average Bonchev–Trinajstić information content (AvgIpc) is 3.33. The van der Waals surface area contributed by atoms with Crippen LogP contribution in [0.2, 0.25) is 5.02 Å². The molecule has 3 aromatic rings. The lowest BCUT2D eigenvalue weighted by Crippen LogP contribution is -2.27. The SMILES string of the molecule is CCOC(=O)c1cc(-c2ccc(/C=C3\SC(=S)N(c4cccc(C)c4)C3=O)o2)ccc1Cl. The molecule has 1 amide bonds. The van der Waals surface area contributed by atoms with Crippen LogP contribution in [0.25, 0.3) is 17.4 Å². The molecule has 1 aliphatic heterocycles. The van der Waals surface area contributed by atoms with Crippen molar-refractivity contribution in [3.05, 3.63) is 81.4 Å². The maximum Gasteiger partial charge on any atom is 0.339 e. The summed E-state index contributed by atoms with van der Waals surface area (Å²) in [5.74, 6) is 0.343. The van der Waals surface area contributed by atoms with Gasteiger partial charge in [-0.25, -0.2) is 4.79 Å². The van der Waals surface area contributed by atoms with Crippen molar-refractivity contribution in [1.29, 1.82) is 0 Å². The lowest BCUT2D eigenvalue weighted by atomic mass is 10.1. The van der Waals surface area contributed by atoms with Crippen LogP contribution in [0.5, 0.6) is 0 Å². The van der Waals surface area contributed by atoms with Gasteiger partial charge in [0.05, 0.1) is 27.8 Å². The molecule has 0 aliphatic carbocycles. The smallest absolute Gasteiger partial charge is 0.339 e. The molecule has 1 saturated heterocycles. The number of halogens is 1. The molecule has 1 aromatic heterocycles. The average molecular weight is 484 g/mol. The predicted molar refractivity (Wildman–Crippen MR) is 132 cm³/mol. The molecule has 8 heteroatoms. The van der Waals surface area contributed by atoms with Crippen LogP contribution in [0.1, 0.15) is 28.6 Å². The number of benzene rings is 2. The van der Waals surface area contributed by atoms with Gasteiger partial charge in [0.25, 0.3) is 5.91 Å². The molecule has 0 radical (unpaired) electrons. The van der Waals surface area contributed by atoms with Crippen molar-refractivity contribution in [2.75, 3.05) is 11.5 Å². The van der Waals surface area contributed by atoms with E-state index >= 15 is 0 Å². The molecule has 0 atom stereocenters. The van der Waals surface area contributed by atoms with Crippen molar-refractivity contribution in [2.24, 2.45) is 0 Å². The minimum atomic E-state index is -0.494. The summed E-state index contributed by atoms with van der Waals surface area (Å²) in [6.07, 6.45) is 1.67. The van der Waals surface area contributed by atoms with E-state index in [0.717, 1.165) is 11.3 Å². The number of nitrogens with zero attached hydrogens (tertiary/aromatic N) is 1. The summed E-state index contributed by atoms with van der Waals surface area (Å²) in [6.45, 7) is 3.95. The second kappa shape index (κ2) is 9.32. The number of esters is 1. The third-order valence-corrected chi connectivity index (χ3v) is 6.33. The Bertz CT molecular complexity index is 1260. The van der Waals surface area contributed by atoms with E-state index in [0.29, 0.717) is 31.3 Å². The predicted octanol–water partition coefficient (Wildman–Crippen LogP) is 6.49. The lowest BCUT2D eigenvalue weighted by Gasteiger charge is -2.14. The van der Waals surface area contributed by atoms with Gasteiger partial charge in [0.15, 0.2) is 4.32 Å². The van der Waals surface area contributed by atoms with Crippen LogP contribution in [-0.4, -0.2) is 22.8 Å². The summed E-state index contributed by atoms with van der Waals surface area (Å²) >= 11 is 12.8. The minimum Gasteiger partial charge on any atom is -0.462 e. The molecule has 0 unspecified atom stereocenters. The van der Waals surface area contributed by atoms with Gasteiger partial charge in [0.2, 0.25) is 0 Å². The molecule has 1 fully saturated rings. The van der Waals surface area contributed by atoms with E-state index in [-0.39, 0.29) is 18.1 Å². The second-order valence-corrected chi connectivity index (χ2v) is 9.06. The normalized spacial score (nSPS) is 15.0. The van der Waals surface area contributed by atoms with Crippen LogP contribution in [0, 0.1) is 6.92 Å². The summed E-state index contributed by atoms with van der Waals surface area (Å²) in [4.78, 5) is 27.1. The highest BCUT2D eigenvalue weighted by molar-refractivity contribution is 8.27. The fourth-order valence-electron chi connectivity index (χ4n) is 3.22. The van der Waals surface area contributed by atoms with E-state index in [2.05, 4.69) is 0 Å². The molecule has 32 heavy (non-hydrogen) atoms. The number of amides is 1. The Balaban J connectivity index is 1.60. The number of hydrogen-bond donors (Lipinski definition) is 0. The number of carbonyl (C=O) groups excluding carboxylic acids is 2. The Morgan fingerprint density at radius 1 is 1.22 bits per heavy atom. The van der Waals surface area contributed by atoms with Crippen LogP contribution >= 0.6 is 35.6 Å². The van der Waals surface area contributed by atoms with Gasteiger partial charge in [-0.3, -0.25) is 9.69 Å². The van der Waals surface area contributed by atoms with E-state index in [1.54, 1.807) is 43.3 Å².